The maximum absolute atomic E-state index is 12.6. The quantitative estimate of drug-likeness (QED) is 0.367. The molecular weight excluding hydrogens is 460 g/mol. The van der Waals surface area contributed by atoms with Crippen LogP contribution in [-0.4, -0.2) is 34.5 Å². The Morgan fingerprint density at radius 1 is 1.09 bits per heavy atom. The van der Waals surface area contributed by atoms with Crippen LogP contribution in [0.25, 0.3) is 11.0 Å². The lowest BCUT2D eigenvalue weighted by molar-refractivity contribution is -0.118. The number of hydrogen-bond donors (Lipinski definition) is 2. The number of hydrogen-bond acceptors (Lipinski definition) is 5. The summed E-state index contributed by atoms with van der Waals surface area (Å²) in [5, 5.41) is 7.71. The predicted octanol–water partition coefficient (Wildman–Crippen LogP) is 4.92. The molecule has 182 valence electrons. The number of carbonyl (C=O) groups is 2. The summed E-state index contributed by atoms with van der Waals surface area (Å²) in [4.78, 5) is 30.1. The number of fused-ring (bicyclic) bond motifs is 1. The largest absolute Gasteiger partial charge is 0.483 e. The molecule has 0 aliphatic heterocycles. The highest BCUT2D eigenvalue weighted by atomic mass is 32.1. The fourth-order valence-electron chi connectivity index (χ4n) is 3.89. The van der Waals surface area contributed by atoms with Gasteiger partial charge in [-0.3, -0.25) is 9.59 Å². The normalized spacial score (nSPS) is 11.4. The zero-order chi connectivity index (χ0) is 25.0. The molecule has 0 saturated heterocycles. The molecule has 2 aromatic carbocycles. The fourth-order valence-corrected chi connectivity index (χ4v) is 4.53. The smallest absolute Gasteiger partial charge is 0.262 e. The maximum atomic E-state index is 12.6. The number of amides is 2. The number of carbonyl (C=O) groups excluding carboxylic acids is 2. The summed E-state index contributed by atoms with van der Waals surface area (Å²) in [6, 6.07) is 17.1. The lowest BCUT2D eigenvalue weighted by Gasteiger charge is -2.22. The van der Waals surface area contributed by atoms with Crippen LogP contribution in [0.5, 0.6) is 5.75 Å². The van der Waals surface area contributed by atoms with Crippen LogP contribution < -0.4 is 15.4 Å². The van der Waals surface area contributed by atoms with Crippen LogP contribution in [-0.2, 0) is 23.7 Å². The summed E-state index contributed by atoms with van der Waals surface area (Å²) in [5.41, 5.74) is 3.37. The van der Waals surface area contributed by atoms with Gasteiger partial charge in [0.15, 0.2) is 6.61 Å². The number of imidazole rings is 1. The first-order valence-corrected chi connectivity index (χ1v) is 12.4. The van der Waals surface area contributed by atoms with Gasteiger partial charge in [0.05, 0.1) is 15.9 Å². The van der Waals surface area contributed by atoms with Gasteiger partial charge in [0, 0.05) is 25.7 Å². The molecule has 4 aromatic rings. The number of nitrogens with one attached hydrogen (secondary N) is 2. The molecule has 2 amide bonds. The average Bonchev–Trinajstić information content (AvgIpc) is 3.46. The number of rotatable bonds is 8. The second-order valence-electron chi connectivity index (χ2n) is 9.36. The molecule has 8 heteroatoms. The number of aromatic nitrogens is 2. The van der Waals surface area contributed by atoms with Crippen LogP contribution >= 0.6 is 11.3 Å². The van der Waals surface area contributed by atoms with E-state index in [0.717, 1.165) is 22.4 Å². The number of thiophene rings is 1. The van der Waals surface area contributed by atoms with Crippen LogP contribution in [0.2, 0.25) is 0 Å². The molecule has 0 atom stereocenters. The highest BCUT2D eigenvalue weighted by molar-refractivity contribution is 7.12. The van der Waals surface area contributed by atoms with Gasteiger partial charge in [-0.1, -0.05) is 45.0 Å². The molecule has 2 aromatic heterocycles. The van der Waals surface area contributed by atoms with Gasteiger partial charge in [0.2, 0.25) is 0 Å². The summed E-state index contributed by atoms with van der Waals surface area (Å²) >= 11 is 1.42. The Bertz CT molecular complexity index is 1340. The van der Waals surface area contributed by atoms with Gasteiger partial charge in [0.1, 0.15) is 11.6 Å². The Kier molecular flexibility index (Phi) is 7.21. The Hall–Kier alpha value is -3.65. The van der Waals surface area contributed by atoms with Gasteiger partial charge < -0.3 is 19.9 Å². The molecule has 0 fully saturated rings. The van der Waals surface area contributed by atoms with E-state index in [-0.39, 0.29) is 23.8 Å². The third-order valence-corrected chi connectivity index (χ3v) is 6.56. The van der Waals surface area contributed by atoms with Gasteiger partial charge >= 0.3 is 0 Å². The van der Waals surface area contributed by atoms with E-state index in [4.69, 9.17) is 9.72 Å². The van der Waals surface area contributed by atoms with Crippen molar-refractivity contribution in [1.29, 1.82) is 0 Å². The molecule has 4 rings (SSSR count). The van der Waals surface area contributed by atoms with Crippen molar-refractivity contribution in [3.63, 3.8) is 0 Å². The molecule has 2 N–H and O–H groups in total. The first kappa shape index (κ1) is 24.5. The lowest BCUT2D eigenvalue weighted by atomic mass is 9.86. The van der Waals surface area contributed by atoms with Gasteiger partial charge in [-0.05, 0) is 46.7 Å². The van der Waals surface area contributed by atoms with Gasteiger partial charge in [0.25, 0.3) is 11.8 Å². The van der Waals surface area contributed by atoms with E-state index in [9.17, 15) is 9.59 Å². The molecule has 0 radical (unpaired) electrons. The monoisotopic (exact) mass is 490 g/mol. The van der Waals surface area contributed by atoms with Crippen molar-refractivity contribution in [1.82, 2.24) is 14.9 Å². The second kappa shape index (κ2) is 10.3. The number of benzene rings is 2. The van der Waals surface area contributed by atoms with Crippen LogP contribution in [0, 0.1) is 0 Å². The minimum atomic E-state index is -0.236. The minimum absolute atomic E-state index is 0.0731. The van der Waals surface area contributed by atoms with E-state index < -0.39 is 0 Å². The standard InChI is InChI=1S/C27H30N4O3S/c1-27(2,3)19-8-5-6-9-22(19)34-17-25(32)29-18-11-12-21-20(16-18)30-24(31(21)4)13-14-28-26(33)23-10-7-15-35-23/h5-12,15-16H,13-14,17H2,1-4H3,(H,28,33)(H,29,32). The molecule has 0 saturated carbocycles. The molecule has 0 spiro atoms. The van der Waals surface area contributed by atoms with E-state index in [1.807, 2.05) is 65.5 Å². The van der Waals surface area contributed by atoms with Crippen LogP contribution in [0.15, 0.2) is 60.0 Å². The van der Waals surface area contributed by atoms with Crippen LogP contribution in [0.4, 0.5) is 5.69 Å². The lowest BCUT2D eigenvalue weighted by Crippen LogP contribution is -2.25. The summed E-state index contributed by atoms with van der Waals surface area (Å²) in [7, 11) is 1.95. The molecule has 0 aliphatic carbocycles. The van der Waals surface area contributed by atoms with E-state index in [1.54, 1.807) is 6.07 Å². The second-order valence-corrected chi connectivity index (χ2v) is 10.3. The van der Waals surface area contributed by atoms with E-state index in [2.05, 4.69) is 31.4 Å². The Balaban J connectivity index is 1.36. The van der Waals surface area contributed by atoms with Gasteiger partial charge in [-0.2, -0.15) is 0 Å². The summed E-state index contributed by atoms with van der Waals surface area (Å²) < 4.78 is 7.84. The topological polar surface area (TPSA) is 85.3 Å². The molecule has 0 aliphatic rings. The van der Waals surface area contributed by atoms with Crippen molar-refractivity contribution >= 4 is 39.9 Å². The molecular formula is C27H30N4O3S. The summed E-state index contributed by atoms with van der Waals surface area (Å²) in [6.07, 6.45) is 0.602. The highest BCUT2D eigenvalue weighted by Crippen LogP contribution is 2.31. The molecule has 0 unspecified atom stereocenters. The highest BCUT2D eigenvalue weighted by Gasteiger charge is 2.19. The van der Waals surface area contributed by atoms with Crippen molar-refractivity contribution < 1.29 is 14.3 Å². The number of nitrogens with zero attached hydrogens (tertiary/aromatic N) is 2. The van der Waals surface area contributed by atoms with Crippen molar-refractivity contribution in [3.8, 4) is 5.75 Å². The predicted molar refractivity (Wildman–Crippen MR) is 140 cm³/mol. The number of ether oxygens (including phenoxy) is 1. The molecule has 2 heterocycles. The number of para-hydroxylation sites is 1. The first-order chi connectivity index (χ1) is 16.7. The zero-order valence-corrected chi connectivity index (χ0v) is 21.2. The van der Waals surface area contributed by atoms with Crippen molar-refractivity contribution in [2.75, 3.05) is 18.5 Å². The van der Waals surface area contributed by atoms with Gasteiger partial charge in [-0.25, -0.2) is 4.98 Å². The van der Waals surface area contributed by atoms with Crippen molar-refractivity contribution in [2.45, 2.75) is 32.6 Å². The summed E-state index contributed by atoms with van der Waals surface area (Å²) in [6.45, 7) is 6.75. The Morgan fingerprint density at radius 3 is 2.63 bits per heavy atom. The Morgan fingerprint density at radius 2 is 1.89 bits per heavy atom. The van der Waals surface area contributed by atoms with Crippen LogP contribution in [0.1, 0.15) is 41.8 Å². The van der Waals surface area contributed by atoms with E-state index >= 15 is 0 Å². The SMILES string of the molecule is Cn1c(CCNC(=O)c2cccs2)nc2cc(NC(=O)COc3ccccc3C(C)(C)C)ccc21. The van der Waals surface area contributed by atoms with E-state index in [0.29, 0.717) is 29.3 Å². The molecule has 35 heavy (non-hydrogen) atoms. The maximum Gasteiger partial charge on any atom is 0.262 e. The van der Waals surface area contributed by atoms with Crippen molar-refractivity contribution in [3.05, 3.63) is 76.2 Å². The number of anilines is 1. The average molecular weight is 491 g/mol. The summed E-state index contributed by atoms with van der Waals surface area (Å²) in [5.74, 6) is 1.26. The third kappa shape index (κ3) is 5.89. The molecule has 0 bridgehead atoms. The van der Waals surface area contributed by atoms with E-state index in [1.165, 1.54) is 11.3 Å². The fraction of sp³-hybridized carbons (Fsp3) is 0.296. The third-order valence-electron chi connectivity index (χ3n) is 5.69. The number of aryl methyl sites for hydroxylation is 1. The minimum Gasteiger partial charge on any atom is -0.483 e. The van der Waals surface area contributed by atoms with Crippen LogP contribution in [0.3, 0.4) is 0 Å². The first-order valence-electron chi connectivity index (χ1n) is 11.5. The Labute approximate surface area is 209 Å². The zero-order valence-electron chi connectivity index (χ0n) is 20.4. The molecule has 7 nitrogen and oxygen atoms in total. The van der Waals surface area contributed by atoms with Crippen molar-refractivity contribution in [2.24, 2.45) is 7.05 Å². The van der Waals surface area contributed by atoms with Gasteiger partial charge in [-0.15, -0.1) is 11.3 Å².